The first-order valence-corrected chi connectivity index (χ1v) is 10.7. The molecule has 0 aliphatic heterocycles. The SMILES string of the molecule is CC(CNC(=O)c1nn(-c2cccc(Br)c2)c2c1CCCC2)N(C)C1CC1. The van der Waals surface area contributed by atoms with Crippen LogP contribution in [0.2, 0.25) is 0 Å². The van der Waals surface area contributed by atoms with Crippen molar-refractivity contribution in [2.75, 3.05) is 13.6 Å². The second-order valence-corrected chi connectivity index (χ2v) is 8.74. The minimum absolute atomic E-state index is 0.0436. The van der Waals surface area contributed by atoms with Gasteiger partial charge in [-0.25, -0.2) is 4.68 Å². The molecule has 0 saturated heterocycles. The van der Waals surface area contributed by atoms with Crippen LogP contribution in [0.25, 0.3) is 5.69 Å². The predicted molar refractivity (Wildman–Crippen MR) is 110 cm³/mol. The number of rotatable bonds is 6. The zero-order valence-corrected chi connectivity index (χ0v) is 17.6. The number of fused-ring (bicyclic) bond motifs is 1. The number of carbonyl (C=O) groups excluding carboxylic acids is 1. The number of amides is 1. The largest absolute Gasteiger partial charge is 0.349 e. The summed E-state index contributed by atoms with van der Waals surface area (Å²) in [6, 6.07) is 9.14. The summed E-state index contributed by atoms with van der Waals surface area (Å²) in [4.78, 5) is 15.3. The van der Waals surface area contributed by atoms with E-state index in [1.54, 1.807) is 0 Å². The van der Waals surface area contributed by atoms with Gasteiger partial charge in [-0.3, -0.25) is 9.69 Å². The lowest BCUT2D eigenvalue weighted by molar-refractivity contribution is 0.0933. The molecular formula is C21H27BrN4O. The number of benzene rings is 1. The molecule has 1 aromatic heterocycles. The van der Waals surface area contributed by atoms with Crippen LogP contribution in [0.15, 0.2) is 28.7 Å². The highest BCUT2D eigenvalue weighted by Gasteiger charge is 2.30. The first-order valence-electron chi connectivity index (χ1n) is 9.91. The average molecular weight is 431 g/mol. The molecule has 0 spiro atoms. The van der Waals surface area contributed by atoms with Crippen molar-refractivity contribution in [2.45, 2.75) is 57.5 Å². The molecule has 1 N–H and O–H groups in total. The Balaban J connectivity index is 1.56. The van der Waals surface area contributed by atoms with Gasteiger partial charge in [-0.2, -0.15) is 5.10 Å². The minimum atomic E-state index is -0.0436. The Morgan fingerprint density at radius 2 is 2.15 bits per heavy atom. The molecule has 0 bridgehead atoms. The monoisotopic (exact) mass is 430 g/mol. The first kappa shape index (κ1) is 18.7. The van der Waals surface area contributed by atoms with E-state index in [1.165, 1.54) is 18.5 Å². The van der Waals surface area contributed by atoms with Gasteiger partial charge in [0, 0.05) is 34.4 Å². The van der Waals surface area contributed by atoms with Gasteiger partial charge in [0.15, 0.2) is 5.69 Å². The maximum atomic E-state index is 12.9. The van der Waals surface area contributed by atoms with Crippen molar-refractivity contribution in [3.63, 3.8) is 0 Å². The Labute approximate surface area is 169 Å². The molecule has 1 atom stereocenters. The van der Waals surface area contributed by atoms with Crippen molar-refractivity contribution >= 4 is 21.8 Å². The summed E-state index contributed by atoms with van der Waals surface area (Å²) in [7, 11) is 2.15. The average Bonchev–Trinajstić information content (AvgIpc) is 3.45. The number of halogens is 1. The summed E-state index contributed by atoms with van der Waals surface area (Å²) < 4.78 is 2.98. The van der Waals surface area contributed by atoms with E-state index < -0.39 is 0 Å². The van der Waals surface area contributed by atoms with E-state index in [4.69, 9.17) is 5.10 Å². The maximum Gasteiger partial charge on any atom is 0.272 e. The fourth-order valence-electron chi connectivity index (χ4n) is 3.91. The lowest BCUT2D eigenvalue weighted by atomic mass is 9.95. The Morgan fingerprint density at radius 1 is 1.37 bits per heavy atom. The highest BCUT2D eigenvalue weighted by Crippen LogP contribution is 2.28. The van der Waals surface area contributed by atoms with Gasteiger partial charge in [0.05, 0.1) is 5.69 Å². The molecule has 4 rings (SSSR count). The minimum Gasteiger partial charge on any atom is -0.349 e. The molecule has 144 valence electrons. The smallest absolute Gasteiger partial charge is 0.272 e. The molecule has 2 aliphatic carbocycles. The molecule has 1 unspecified atom stereocenters. The third-order valence-corrected chi connectivity index (χ3v) is 6.32. The predicted octanol–water partition coefficient (Wildman–Crippen LogP) is 3.73. The summed E-state index contributed by atoms with van der Waals surface area (Å²) in [6.45, 7) is 2.83. The van der Waals surface area contributed by atoms with Gasteiger partial charge in [-0.1, -0.05) is 22.0 Å². The van der Waals surface area contributed by atoms with E-state index in [2.05, 4.69) is 46.2 Å². The van der Waals surface area contributed by atoms with Gasteiger partial charge in [-0.15, -0.1) is 0 Å². The van der Waals surface area contributed by atoms with E-state index >= 15 is 0 Å². The Morgan fingerprint density at radius 3 is 2.89 bits per heavy atom. The Kier molecular flexibility index (Phi) is 5.37. The van der Waals surface area contributed by atoms with Crippen molar-refractivity contribution in [3.05, 3.63) is 45.7 Å². The molecule has 6 heteroatoms. The highest BCUT2D eigenvalue weighted by molar-refractivity contribution is 9.10. The summed E-state index contributed by atoms with van der Waals surface area (Å²) in [5, 5.41) is 7.87. The lowest BCUT2D eigenvalue weighted by Crippen LogP contribution is -2.41. The van der Waals surface area contributed by atoms with Crippen molar-refractivity contribution in [2.24, 2.45) is 0 Å². The summed E-state index contributed by atoms with van der Waals surface area (Å²) in [5.74, 6) is -0.0436. The second kappa shape index (κ2) is 7.76. The van der Waals surface area contributed by atoms with E-state index in [9.17, 15) is 4.79 Å². The molecule has 1 saturated carbocycles. The Bertz CT molecular complexity index is 843. The quantitative estimate of drug-likeness (QED) is 0.759. The van der Waals surface area contributed by atoms with Gasteiger partial charge < -0.3 is 5.32 Å². The summed E-state index contributed by atoms with van der Waals surface area (Å²) >= 11 is 3.54. The molecule has 2 aromatic rings. The van der Waals surface area contributed by atoms with Crippen LogP contribution in [0.1, 0.15) is 54.4 Å². The number of hydrogen-bond donors (Lipinski definition) is 1. The molecule has 1 fully saturated rings. The summed E-state index contributed by atoms with van der Waals surface area (Å²) in [6.07, 6.45) is 6.74. The van der Waals surface area contributed by atoms with Crippen molar-refractivity contribution < 1.29 is 4.79 Å². The molecule has 1 amide bonds. The van der Waals surface area contributed by atoms with Crippen LogP contribution in [0.3, 0.4) is 0 Å². The third kappa shape index (κ3) is 3.97. The normalized spacial score (nSPS) is 17.6. The highest BCUT2D eigenvalue weighted by atomic mass is 79.9. The molecule has 0 radical (unpaired) electrons. The van der Waals surface area contributed by atoms with Gasteiger partial charge in [-0.05, 0) is 70.7 Å². The van der Waals surface area contributed by atoms with E-state index in [0.29, 0.717) is 24.3 Å². The standard InChI is InChI=1S/C21H27BrN4O/c1-14(25(2)16-10-11-16)13-23-21(27)20-18-8-3-4-9-19(18)26(24-20)17-7-5-6-15(22)12-17/h5-7,12,14,16H,3-4,8-11,13H2,1-2H3,(H,23,27). The van der Waals surface area contributed by atoms with Crippen LogP contribution in [-0.2, 0) is 12.8 Å². The maximum absolute atomic E-state index is 12.9. The van der Waals surface area contributed by atoms with Crippen LogP contribution >= 0.6 is 15.9 Å². The number of nitrogens with zero attached hydrogens (tertiary/aromatic N) is 3. The van der Waals surface area contributed by atoms with Crippen LogP contribution in [0.4, 0.5) is 0 Å². The van der Waals surface area contributed by atoms with Crippen molar-refractivity contribution in [1.82, 2.24) is 20.0 Å². The lowest BCUT2D eigenvalue weighted by Gasteiger charge is -2.24. The number of likely N-dealkylation sites (N-methyl/N-ethyl adjacent to an activating group) is 1. The third-order valence-electron chi connectivity index (χ3n) is 5.82. The zero-order chi connectivity index (χ0) is 19.0. The van der Waals surface area contributed by atoms with Gasteiger partial charge in [0.1, 0.15) is 0 Å². The van der Waals surface area contributed by atoms with E-state index in [0.717, 1.165) is 41.4 Å². The number of aromatic nitrogens is 2. The first-order chi connectivity index (χ1) is 13.0. The molecule has 1 aromatic carbocycles. The topological polar surface area (TPSA) is 50.2 Å². The fourth-order valence-corrected chi connectivity index (χ4v) is 4.30. The summed E-state index contributed by atoms with van der Waals surface area (Å²) in [5.41, 5.74) is 3.92. The number of nitrogens with one attached hydrogen (secondary N) is 1. The number of carbonyl (C=O) groups is 1. The molecule has 5 nitrogen and oxygen atoms in total. The molecular weight excluding hydrogens is 404 g/mol. The van der Waals surface area contributed by atoms with E-state index in [-0.39, 0.29) is 5.91 Å². The van der Waals surface area contributed by atoms with Gasteiger partial charge in [0.25, 0.3) is 5.91 Å². The molecule has 1 heterocycles. The fraction of sp³-hybridized carbons (Fsp3) is 0.524. The molecule has 27 heavy (non-hydrogen) atoms. The zero-order valence-electron chi connectivity index (χ0n) is 16.0. The van der Waals surface area contributed by atoms with Crippen LogP contribution in [-0.4, -0.2) is 46.3 Å². The molecule has 2 aliphatic rings. The Hall–Kier alpha value is -1.66. The van der Waals surface area contributed by atoms with Crippen LogP contribution in [0.5, 0.6) is 0 Å². The van der Waals surface area contributed by atoms with Gasteiger partial charge >= 0.3 is 0 Å². The van der Waals surface area contributed by atoms with Crippen LogP contribution < -0.4 is 5.32 Å². The van der Waals surface area contributed by atoms with Crippen molar-refractivity contribution in [1.29, 1.82) is 0 Å². The van der Waals surface area contributed by atoms with Crippen molar-refractivity contribution in [3.8, 4) is 5.69 Å². The van der Waals surface area contributed by atoms with Crippen LogP contribution in [0, 0.1) is 0 Å². The van der Waals surface area contributed by atoms with Gasteiger partial charge in [0.2, 0.25) is 0 Å². The second-order valence-electron chi connectivity index (χ2n) is 7.83. The van der Waals surface area contributed by atoms with E-state index in [1.807, 2.05) is 22.9 Å². The number of hydrogen-bond acceptors (Lipinski definition) is 3.